The molecule has 2 nitrogen and oxygen atoms in total. The van der Waals surface area contributed by atoms with Gasteiger partial charge in [-0.15, -0.1) is 11.3 Å². The molecular weight excluding hydrogens is 192 g/mol. The molecular formula is C11H20N2S. The van der Waals surface area contributed by atoms with E-state index in [1.165, 1.54) is 9.75 Å². The van der Waals surface area contributed by atoms with E-state index in [-0.39, 0.29) is 0 Å². The van der Waals surface area contributed by atoms with Crippen LogP contribution in [0.2, 0.25) is 0 Å². The Labute approximate surface area is 90.7 Å². The van der Waals surface area contributed by atoms with E-state index in [4.69, 9.17) is 5.73 Å². The minimum absolute atomic E-state index is 0.490. The molecule has 0 bridgehead atoms. The number of hydrogen-bond acceptors (Lipinski definition) is 3. The first-order valence-electron chi connectivity index (χ1n) is 5.18. The van der Waals surface area contributed by atoms with E-state index in [2.05, 4.69) is 37.9 Å². The lowest BCUT2D eigenvalue weighted by Crippen LogP contribution is -2.27. The summed E-state index contributed by atoms with van der Waals surface area (Å²) < 4.78 is 0. The summed E-state index contributed by atoms with van der Waals surface area (Å²) in [5.41, 5.74) is 5.54. The van der Waals surface area contributed by atoms with Crippen LogP contribution in [0.4, 0.5) is 0 Å². The molecule has 1 heterocycles. The van der Waals surface area contributed by atoms with Crippen LogP contribution in [0, 0.1) is 0 Å². The monoisotopic (exact) mass is 212 g/mol. The third-order valence-electron chi connectivity index (χ3n) is 2.59. The fourth-order valence-corrected chi connectivity index (χ4v) is 2.49. The summed E-state index contributed by atoms with van der Waals surface area (Å²) in [6, 6.07) is 4.96. The second-order valence-electron chi connectivity index (χ2n) is 3.60. The first kappa shape index (κ1) is 11.7. The maximum Gasteiger partial charge on any atom is 0.0410 e. The van der Waals surface area contributed by atoms with Gasteiger partial charge in [0.2, 0.25) is 0 Å². The molecule has 80 valence electrons. The smallest absolute Gasteiger partial charge is 0.0410 e. The highest BCUT2D eigenvalue weighted by Crippen LogP contribution is 2.26. The SMILES string of the molecule is CCc1ccc(C(C)N(C)CCN)s1. The van der Waals surface area contributed by atoms with E-state index in [9.17, 15) is 0 Å². The van der Waals surface area contributed by atoms with Gasteiger partial charge in [0.05, 0.1) is 0 Å². The fraction of sp³-hybridized carbons (Fsp3) is 0.636. The zero-order chi connectivity index (χ0) is 10.6. The molecule has 0 aliphatic heterocycles. The quantitative estimate of drug-likeness (QED) is 0.811. The molecule has 0 radical (unpaired) electrons. The molecule has 1 aromatic rings. The number of nitrogens with zero attached hydrogens (tertiary/aromatic N) is 1. The number of aryl methyl sites for hydroxylation is 1. The Bertz CT molecular complexity index is 270. The largest absolute Gasteiger partial charge is 0.329 e. The van der Waals surface area contributed by atoms with Crippen molar-refractivity contribution in [3.63, 3.8) is 0 Å². The highest BCUT2D eigenvalue weighted by atomic mass is 32.1. The van der Waals surface area contributed by atoms with Crippen LogP contribution in [0.25, 0.3) is 0 Å². The molecule has 14 heavy (non-hydrogen) atoms. The van der Waals surface area contributed by atoms with Crippen molar-refractivity contribution in [2.45, 2.75) is 26.3 Å². The van der Waals surface area contributed by atoms with Crippen molar-refractivity contribution < 1.29 is 0 Å². The van der Waals surface area contributed by atoms with Crippen molar-refractivity contribution in [1.82, 2.24) is 4.90 Å². The molecule has 0 amide bonds. The predicted octanol–water partition coefficient (Wildman–Crippen LogP) is 2.26. The summed E-state index contributed by atoms with van der Waals surface area (Å²) in [4.78, 5) is 5.21. The first-order chi connectivity index (χ1) is 6.69. The average Bonchev–Trinajstić information content (AvgIpc) is 2.65. The summed E-state index contributed by atoms with van der Waals surface area (Å²) in [6.45, 7) is 6.12. The molecule has 0 saturated heterocycles. The first-order valence-corrected chi connectivity index (χ1v) is 5.99. The topological polar surface area (TPSA) is 29.3 Å². The van der Waals surface area contributed by atoms with Crippen LogP contribution >= 0.6 is 11.3 Å². The van der Waals surface area contributed by atoms with Gasteiger partial charge in [0.15, 0.2) is 0 Å². The summed E-state index contributed by atoms with van der Waals surface area (Å²) in [5, 5.41) is 0. The third-order valence-corrected chi connectivity index (χ3v) is 3.99. The number of thiophene rings is 1. The highest BCUT2D eigenvalue weighted by Gasteiger charge is 2.12. The molecule has 3 heteroatoms. The second-order valence-corrected chi connectivity index (χ2v) is 4.80. The van der Waals surface area contributed by atoms with Gasteiger partial charge in [-0.25, -0.2) is 0 Å². The number of likely N-dealkylation sites (N-methyl/N-ethyl adjacent to an activating group) is 1. The van der Waals surface area contributed by atoms with Crippen molar-refractivity contribution >= 4 is 11.3 Å². The molecule has 1 rings (SSSR count). The van der Waals surface area contributed by atoms with Crippen LogP contribution in [-0.4, -0.2) is 25.0 Å². The Hall–Kier alpha value is -0.380. The minimum atomic E-state index is 0.490. The maximum absolute atomic E-state index is 5.54. The Balaban J connectivity index is 2.63. The van der Waals surface area contributed by atoms with E-state index in [1.54, 1.807) is 0 Å². The standard InChI is InChI=1S/C11H20N2S/c1-4-10-5-6-11(14-10)9(2)13(3)8-7-12/h5-6,9H,4,7-8,12H2,1-3H3. The number of nitrogens with two attached hydrogens (primary N) is 1. The Morgan fingerprint density at radius 3 is 2.71 bits per heavy atom. The van der Waals surface area contributed by atoms with Gasteiger partial charge in [-0.3, -0.25) is 4.90 Å². The molecule has 0 aromatic carbocycles. The third kappa shape index (κ3) is 2.80. The average molecular weight is 212 g/mol. The molecule has 0 aliphatic rings. The molecule has 1 aromatic heterocycles. The molecule has 0 spiro atoms. The van der Waals surface area contributed by atoms with Gasteiger partial charge < -0.3 is 5.73 Å². The highest BCUT2D eigenvalue weighted by molar-refractivity contribution is 7.12. The molecule has 2 N–H and O–H groups in total. The van der Waals surface area contributed by atoms with Gasteiger partial charge in [-0.05, 0) is 32.5 Å². The van der Waals surface area contributed by atoms with Crippen LogP contribution in [0.1, 0.15) is 29.6 Å². The zero-order valence-corrected chi connectivity index (χ0v) is 10.1. The lowest BCUT2D eigenvalue weighted by molar-refractivity contribution is 0.272. The van der Waals surface area contributed by atoms with Crippen LogP contribution in [0.15, 0.2) is 12.1 Å². The van der Waals surface area contributed by atoms with Gasteiger partial charge >= 0.3 is 0 Å². The van der Waals surface area contributed by atoms with Crippen molar-refractivity contribution in [2.75, 3.05) is 20.1 Å². The minimum Gasteiger partial charge on any atom is -0.329 e. The molecule has 0 fully saturated rings. The van der Waals surface area contributed by atoms with Crippen molar-refractivity contribution in [3.05, 3.63) is 21.9 Å². The van der Waals surface area contributed by atoms with Crippen molar-refractivity contribution in [2.24, 2.45) is 5.73 Å². The molecule has 1 unspecified atom stereocenters. The van der Waals surface area contributed by atoms with E-state index < -0.39 is 0 Å². The van der Waals surface area contributed by atoms with Crippen molar-refractivity contribution in [1.29, 1.82) is 0 Å². The van der Waals surface area contributed by atoms with Crippen LogP contribution in [0.5, 0.6) is 0 Å². The Morgan fingerprint density at radius 2 is 2.21 bits per heavy atom. The van der Waals surface area contributed by atoms with E-state index in [0.29, 0.717) is 6.04 Å². The predicted molar refractivity (Wildman–Crippen MR) is 63.8 cm³/mol. The van der Waals surface area contributed by atoms with E-state index in [0.717, 1.165) is 19.5 Å². The fourth-order valence-electron chi connectivity index (χ4n) is 1.42. The van der Waals surface area contributed by atoms with Crippen LogP contribution < -0.4 is 5.73 Å². The van der Waals surface area contributed by atoms with E-state index >= 15 is 0 Å². The molecule has 0 saturated carbocycles. The maximum atomic E-state index is 5.54. The van der Waals surface area contributed by atoms with Crippen LogP contribution in [-0.2, 0) is 6.42 Å². The summed E-state index contributed by atoms with van der Waals surface area (Å²) in [6.07, 6.45) is 1.14. The van der Waals surface area contributed by atoms with Gasteiger partial charge in [0.1, 0.15) is 0 Å². The lowest BCUT2D eigenvalue weighted by atomic mass is 10.2. The summed E-state index contributed by atoms with van der Waals surface area (Å²) in [5.74, 6) is 0. The number of rotatable bonds is 5. The van der Waals surface area contributed by atoms with Gasteiger partial charge in [0.25, 0.3) is 0 Å². The van der Waals surface area contributed by atoms with Gasteiger partial charge in [0, 0.05) is 28.9 Å². The van der Waals surface area contributed by atoms with Gasteiger partial charge in [-0.1, -0.05) is 6.92 Å². The van der Waals surface area contributed by atoms with E-state index in [1.807, 2.05) is 11.3 Å². The number of hydrogen-bond donors (Lipinski definition) is 1. The summed E-state index contributed by atoms with van der Waals surface area (Å²) in [7, 11) is 2.13. The molecule has 1 atom stereocenters. The second kappa shape index (κ2) is 5.49. The van der Waals surface area contributed by atoms with Gasteiger partial charge in [-0.2, -0.15) is 0 Å². The Kier molecular flexibility index (Phi) is 4.58. The normalized spacial score (nSPS) is 13.5. The summed E-state index contributed by atoms with van der Waals surface area (Å²) >= 11 is 1.91. The van der Waals surface area contributed by atoms with Crippen LogP contribution in [0.3, 0.4) is 0 Å². The lowest BCUT2D eigenvalue weighted by Gasteiger charge is -2.22. The Morgan fingerprint density at radius 1 is 1.50 bits per heavy atom. The molecule has 0 aliphatic carbocycles. The van der Waals surface area contributed by atoms with Crippen molar-refractivity contribution in [3.8, 4) is 0 Å². The zero-order valence-electron chi connectivity index (χ0n) is 9.29.